The third-order valence-electron chi connectivity index (χ3n) is 3.19. The van der Waals surface area contributed by atoms with E-state index < -0.39 is 0 Å². The van der Waals surface area contributed by atoms with Crippen LogP contribution in [0.3, 0.4) is 0 Å². The molecule has 0 fully saturated rings. The number of benzene rings is 2. The molecule has 0 saturated heterocycles. The van der Waals surface area contributed by atoms with Crippen molar-refractivity contribution in [2.75, 3.05) is 0 Å². The number of aromatic nitrogens is 1. The molecule has 3 rings (SSSR count). The summed E-state index contributed by atoms with van der Waals surface area (Å²) in [6.07, 6.45) is 5.87. The lowest BCUT2D eigenvalue weighted by Gasteiger charge is -2.08. The average molecular weight is 257 g/mol. The Hall–Kier alpha value is -2.67. The van der Waals surface area contributed by atoms with E-state index in [2.05, 4.69) is 59.6 Å². The molecule has 3 aromatic rings. The third-order valence-corrected chi connectivity index (χ3v) is 3.19. The fourth-order valence-electron chi connectivity index (χ4n) is 2.20. The van der Waals surface area contributed by atoms with Crippen LogP contribution in [0.25, 0.3) is 11.6 Å². The Balaban J connectivity index is 2.12. The highest BCUT2D eigenvalue weighted by atomic mass is 14.6. The Morgan fingerprint density at radius 3 is 1.85 bits per heavy atom. The normalized spacial score (nSPS) is 11.3. The largest absolute Gasteiger partial charge is 0.265 e. The summed E-state index contributed by atoms with van der Waals surface area (Å²) in [4.78, 5) is 4.10. The molecule has 0 spiro atoms. The zero-order valence-electron chi connectivity index (χ0n) is 11.1. The van der Waals surface area contributed by atoms with Gasteiger partial charge in [-0.25, -0.2) is 0 Å². The fraction of sp³-hybridized carbons (Fsp3) is 0. The summed E-state index contributed by atoms with van der Waals surface area (Å²) in [6, 6.07) is 24.9. The van der Waals surface area contributed by atoms with Crippen LogP contribution >= 0.6 is 0 Å². The molecule has 0 aliphatic heterocycles. The van der Waals surface area contributed by atoms with Crippen LogP contribution in [0.2, 0.25) is 0 Å². The van der Waals surface area contributed by atoms with Gasteiger partial charge < -0.3 is 0 Å². The molecule has 0 radical (unpaired) electrons. The van der Waals surface area contributed by atoms with Crippen molar-refractivity contribution in [3.63, 3.8) is 0 Å². The number of pyridine rings is 1. The fourth-order valence-corrected chi connectivity index (χ4v) is 2.20. The minimum Gasteiger partial charge on any atom is -0.265 e. The lowest BCUT2D eigenvalue weighted by Crippen LogP contribution is -1.88. The van der Waals surface area contributed by atoms with Crippen molar-refractivity contribution in [3.05, 3.63) is 102 Å². The maximum Gasteiger partial charge on any atom is 0.0273 e. The van der Waals surface area contributed by atoms with Crippen LogP contribution < -0.4 is 0 Å². The second-order valence-corrected chi connectivity index (χ2v) is 4.57. The average Bonchev–Trinajstić information content (AvgIpc) is 2.55. The summed E-state index contributed by atoms with van der Waals surface area (Å²) in [5.41, 5.74) is 4.79. The van der Waals surface area contributed by atoms with Crippen molar-refractivity contribution >= 4 is 11.6 Å². The molecule has 20 heavy (non-hydrogen) atoms. The van der Waals surface area contributed by atoms with E-state index in [-0.39, 0.29) is 0 Å². The van der Waals surface area contributed by atoms with Crippen molar-refractivity contribution in [3.8, 4) is 0 Å². The van der Waals surface area contributed by atoms with Gasteiger partial charge in [0.1, 0.15) is 0 Å². The van der Waals surface area contributed by atoms with Crippen molar-refractivity contribution in [2.24, 2.45) is 0 Å². The maximum atomic E-state index is 4.10. The smallest absolute Gasteiger partial charge is 0.0273 e. The molecular weight excluding hydrogens is 242 g/mol. The van der Waals surface area contributed by atoms with Gasteiger partial charge in [0.2, 0.25) is 0 Å². The van der Waals surface area contributed by atoms with Crippen LogP contribution in [-0.4, -0.2) is 4.98 Å². The molecule has 0 aliphatic carbocycles. The molecule has 0 saturated carbocycles. The molecule has 1 aromatic heterocycles. The minimum atomic E-state index is 1.18. The molecule has 1 heterocycles. The van der Waals surface area contributed by atoms with Gasteiger partial charge in [0.25, 0.3) is 0 Å². The first-order valence-electron chi connectivity index (χ1n) is 6.66. The first kappa shape index (κ1) is 12.4. The molecule has 0 bridgehead atoms. The van der Waals surface area contributed by atoms with E-state index in [0.29, 0.717) is 0 Å². The van der Waals surface area contributed by atoms with Gasteiger partial charge in [-0.2, -0.15) is 0 Å². The molecule has 1 nitrogen and oxygen atoms in total. The zero-order chi connectivity index (χ0) is 13.6. The molecule has 2 aromatic carbocycles. The predicted molar refractivity (Wildman–Crippen MR) is 84.1 cm³/mol. The number of nitrogens with zero attached hydrogens (tertiary/aromatic N) is 1. The van der Waals surface area contributed by atoms with Gasteiger partial charge in [0, 0.05) is 12.4 Å². The lowest BCUT2D eigenvalue weighted by atomic mass is 9.96. The molecule has 1 heteroatoms. The van der Waals surface area contributed by atoms with Crippen LogP contribution in [0.4, 0.5) is 0 Å². The lowest BCUT2D eigenvalue weighted by molar-refractivity contribution is 1.32. The quantitative estimate of drug-likeness (QED) is 0.621. The van der Waals surface area contributed by atoms with Crippen LogP contribution in [0.1, 0.15) is 16.7 Å². The standard InChI is InChI=1S/C19H15N/c1-3-7-16(8-4-1)15-19(17-9-5-2-6-10-17)18-11-13-20-14-12-18/h1-15H/b19-15+. The van der Waals surface area contributed by atoms with E-state index in [0.717, 1.165) is 0 Å². The van der Waals surface area contributed by atoms with Crippen LogP contribution in [0.15, 0.2) is 85.2 Å². The van der Waals surface area contributed by atoms with Gasteiger partial charge in [0.05, 0.1) is 0 Å². The summed E-state index contributed by atoms with van der Waals surface area (Å²) in [6.45, 7) is 0. The molecule has 0 atom stereocenters. The van der Waals surface area contributed by atoms with Crippen LogP contribution in [0.5, 0.6) is 0 Å². The highest BCUT2D eigenvalue weighted by molar-refractivity contribution is 5.91. The Bertz CT molecular complexity index is 644. The predicted octanol–water partition coefficient (Wildman–Crippen LogP) is 4.67. The first-order chi connectivity index (χ1) is 9.93. The molecule has 0 aliphatic rings. The SMILES string of the molecule is C(=C(/c1ccccc1)c1ccncc1)/c1ccccc1. The third kappa shape index (κ3) is 2.83. The van der Waals surface area contributed by atoms with Gasteiger partial charge in [-0.1, -0.05) is 60.7 Å². The van der Waals surface area contributed by atoms with E-state index in [1.165, 1.54) is 22.3 Å². The highest BCUT2D eigenvalue weighted by Crippen LogP contribution is 2.25. The Morgan fingerprint density at radius 1 is 0.650 bits per heavy atom. The number of rotatable bonds is 3. The second-order valence-electron chi connectivity index (χ2n) is 4.57. The van der Waals surface area contributed by atoms with Crippen LogP contribution in [0, 0.1) is 0 Å². The Labute approximate surface area is 119 Å². The molecule has 0 unspecified atom stereocenters. The summed E-state index contributed by atoms with van der Waals surface area (Å²) in [7, 11) is 0. The summed E-state index contributed by atoms with van der Waals surface area (Å²) in [5.74, 6) is 0. The summed E-state index contributed by atoms with van der Waals surface area (Å²) < 4.78 is 0. The van der Waals surface area contributed by atoms with E-state index in [1.807, 2.05) is 36.7 Å². The van der Waals surface area contributed by atoms with E-state index in [9.17, 15) is 0 Å². The number of hydrogen-bond acceptors (Lipinski definition) is 1. The van der Waals surface area contributed by atoms with Gasteiger partial charge in [-0.15, -0.1) is 0 Å². The molecule has 96 valence electrons. The van der Waals surface area contributed by atoms with Crippen molar-refractivity contribution < 1.29 is 0 Å². The van der Waals surface area contributed by atoms with Gasteiger partial charge >= 0.3 is 0 Å². The molecule has 0 amide bonds. The summed E-state index contributed by atoms with van der Waals surface area (Å²) >= 11 is 0. The van der Waals surface area contributed by atoms with Gasteiger partial charge in [0.15, 0.2) is 0 Å². The highest BCUT2D eigenvalue weighted by Gasteiger charge is 2.04. The van der Waals surface area contributed by atoms with E-state index in [1.54, 1.807) is 0 Å². The maximum absolute atomic E-state index is 4.10. The minimum absolute atomic E-state index is 1.18. The second kappa shape index (κ2) is 5.98. The van der Waals surface area contributed by atoms with Crippen molar-refractivity contribution in [1.82, 2.24) is 4.98 Å². The van der Waals surface area contributed by atoms with Crippen molar-refractivity contribution in [1.29, 1.82) is 0 Å². The zero-order valence-corrected chi connectivity index (χ0v) is 11.1. The molecule has 0 N–H and O–H groups in total. The number of hydrogen-bond donors (Lipinski definition) is 0. The van der Waals surface area contributed by atoms with Crippen molar-refractivity contribution in [2.45, 2.75) is 0 Å². The van der Waals surface area contributed by atoms with Gasteiger partial charge in [-0.3, -0.25) is 4.98 Å². The molecular formula is C19H15N. The Morgan fingerprint density at radius 2 is 1.20 bits per heavy atom. The van der Waals surface area contributed by atoms with Crippen LogP contribution in [-0.2, 0) is 0 Å². The van der Waals surface area contributed by atoms with E-state index >= 15 is 0 Å². The van der Waals surface area contributed by atoms with E-state index in [4.69, 9.17) is 0 Å². The Kier molecular flexibility index (Phi) is 3.70. The van der Waals surface area contributed by atoms with Gasteiger partial charge in [-0.05, 0) is 40.5 Å². The monoisotopic (exact) mass is 257 g/mol. The summed E-state index contributed by atoms with van der Waals surface area (Å²) in [5, 5.41) is 0. The topological polar surface area (TPSA) is 12.9 Å². The first-order valence-corrected chi connectivity index (χ1v) is 6.66.